The third-order valence-electron chi connectivity index (χ3n) is 3.74. The van der Waals surface area contributed by atoms with Crippen LogP contribution in [0.5, 0.6) is 0 Å². The molecule has 2 aliphatic rings. The minimum absolute atomic E-state index is 0.272. The Morgan fingerprint density at radius 1 is 1.41 bits per heavy atom. The van der Waals surface area contributed by atoms with Gasteiger partial charge in [0.2, 0.25) is 6.33 Å². The summed E-state index contributed by atoms with van der Waals surface area (Å²) in [7, 11) is 1.96. The average molecular weight is 228 g/mol. The smallest absolute Gasteiger partial charge is 0.303 e. The zero-order valence-electron chi connectivity index (χ0n) is 9.71. The number of nitrogens with zero attached hydrogens (tertiary/aromatic N) is 3. The Morgan fingerprint density at radius 2 is 2.29 bits per heavy atom. The van der Waals surface area contributed by atoms with Gasteiger partial charge in [0.15, 0.2) is 0 Å². The van der Waals surface area contributed by atoms with Gasteiger partial charge in [0.25, 0.3) is 0 Å². The fraction of sp³-hybridized carbons (Fsp3) is 0.385. The topological polar surface area (TPSA) is 30.9 Å². The predicted octanol–water partition coefficient (Wildman–Crippen LogP) is 0.752. The van der Waals surface area contributed by atoms with E-state index in [0.717, 1.165) is 12.2 Å². The molecule has 4 rings (SSSR count). The molecule has 4 heteroatoms. The molecule has 1 aromatic carbocycles. The van der Waals surface area contributed by atoms with Crippen molar-refractivity contribution in [3.63, 3.8) is 0 Å². The Labute approximate surface area is 99.5 Å². The van der Waals surface area contributed by atoms with Gasteiger partial charge >= 0.3 is 5.82 Å². The molecule has 2 heterocycles. The molecule has 0 amide bonds. The van der Waals surface area contributed by atoms with Crippen LogP contribution in [0.25, 0.3) is 0 Å². The first-order valence-electron chi connectivity index (χ1n) is 5.96. The summed E-state index contributed by atoms with van der Waals surface area (Å²) in [6.07, 6.45) is 3.36. The van der Waals surface area contributed by atoms with Crippen LogP contribution in [-0.2, 0) is 24.8 Å². The van der Waals surface area contributed by atoms with Gasteiger partial charge in [-0.3, -0.25) is 0 Å². The lowest BCUT2D eigenvalue weighted by Gasteiger charge is -2.23. The lowest BCUT2D eigenvalue weighted by Crippen LogP contribution is -2.51. The number of aryl methyl sites for hydroxylation is 1. The number of hydrogen-bond acceptors (Lipinski definition) is 2. The van der Waals surface area contributed by atoms with Gasteiger partial charge < -0.3 is 4.74 Å². The van der Waals surface area contributed by atoms with E-state index in [1.165, 1.54) is 11.1 Å². The third-order valence-corrected chi connectivity index (χ3v) is 3.74. The van der Waals surface area contributed by atoms with Crippen LogP contribution in [0.15, 0.2) is 30.6 Å². The highest BCUT2D eigenvalue weighted by Crippen LogP contribution is 2.35. The fourth-order valence-corrected chi connectivity index (χ4v) is 3.04. The van der Waals surface area contributed by atoms with E-state index in [1.807, 2.05) is 11.7 Å². The second-order valence-electron chi connectivity index (χ2n) is 4.81. The summed E-state index contributed by atoms with van der Waals surface area (Å²) in [5, 5.41) is 4.44. The van der Waals surface area contributed by atoms with Crippen LogP contribution in [0.3, 0.4) is 0 Å². The molecule has 0 spiro atoms. The van der Waals surface area contributed by atoms with Crippen molar-refractivity contribution in [2.24, 2.45) is 7.05 Å². The second kappa shape index (κ2) is 3.17. The van der Waals surface area contributed by atoms with Gasteiger partial charge in [0.05, 0.1) is 7.05 Å². The van der Waals surface area contributed by atoms with Crippen LogP contribution < -0.4 is 4.57 Å². The molecule has 2 atom stereocenters. The summed E-state index contributed by atoms with van der Waals surface area (Å²) in [6.45, 7) is 0.621. The van der Waals surface area contributed by atoms with Gasteiger partial charge in [-0.05, 0) is 11.1 Å². The van der Waals surface area contributed by atoms with E-state index in [4.69, 9.17) is 4.74 Å². The first-order valence-corrected chi connectivity index (χ1v) is 5.96. The maximum atomic E-state index is 5.93. The van der Waals surface area contributed by atoms with Crippen molar-refractivity contribution in [1.82, 2.24) is 9.78 Å². The van der Waals surface area contributed by atoms with Gasteiger partial charge in [-0.25, -0.2) is 4.57 Å². The minimum atomic E-state index is 0.272. The van der Waals surface area contributed by atoms with Crippen LogP contribution in [0.1, 0.15) is 23.0 Å². The molecular formula is C13H14N3O+. The average Bonchev–Trinajstić information content (AvgIpc) is 2.87. The van der Waals surface area contributed by atoms with Crippen LogP contribution in [0.4, 0.5) is 0 Å². The maximum Gasteiger partial charge on any atom is 0.303 e. The molecule has 0 fully saturated rings. The van der Waals surface area contributed by atoms with Gasteiger partial charge in [-0.15, -0.1) is 4.68 Å². The number of ether oxygens (including phenoxy) is 1. The Kier molecular flexibility index (Phi) is 1.74. The van der Waals surface area contributed by atoms with E-state index in [0.29, 0.717) is 12.6 Å². The quantitative estimate of drug-likeness (QED) is 0.623. The molecule has 1 aromatic heterocycles. The van der Waals surface area contributed by atoms with Crippen LogP contribution in [-0.4, -0.2) is 15.9 Å². The molecule has 0 radical (unpaired) electrons. The standard InChI is InChI=1S/C13H14N3O/c1-15-8-16-12(14-15)7-17-11-6-9-4-2-3-5-10(9)13(11)16/h2-5,8,11,13H,6-7H2,1H3/q+1/t11?,13-/m0/s1. The van der Waals surface area contributed by atoms with Crippen molar-refractivity contribution in [3.05, 3.63) is 47.5 Å². The molecule has 86 valence electrons. The minimum Gasteiger partial charge on any atom is -0.363 e. The normalized spacial score (nSPS) is 25.2. The second-order valence-corrected chi connectivity index (χ2v) is 4.81. The van der Waals surface area contributed by atoms with Crippen molar-refractivity contribution < 1.29 is 9.30 Å². The van der Waals surface area contributed by atoms with Gasteiger partial charge in [0.1, 0.15) is 18.8 Å². The maximum absolute atomic E-state index is 5.93. The molecule has 17 heavy (non-hydrogen) atoms. The molecule has 1 unspecified atom stereocenters. The molecule has 4 nitrogen and oxygen atoms in total. The summed E-state index contributed by atoms with van der Waals surface area (Å²) in [5.74, 6) is 1.02. The van der Waals surface area contributed by atoms with E-state index in [1.54, 1.807) is 0 Å². The van der Waals surface area contributed by atoms with Crippen molar-refractivity contribution in [2.75, 3.05) is 0 Å². The zero-order valence-corrected chi connectivity index (χ0v) is 9.71. The Balaban J connectivity index is 1.91. The third kappa shape index (κ3) is 1.21. The molecular weight excluding hydrogens is 214 g/mol. The number of rotatable bonds is 0. The lowest BCUT2D eigenvalue weighted by molar-refractivity contribution is -0.739. The van der Waals surface area contributed by atoms with Crippen molar-refractivity contribution in [1.29, 1.82) is 0 Å². The summed E-state index contributed by atoms with van der Waals surface area (Å²) in [5.41, 5.74) is 2.79. The largest absolute Gasteiger partial charge is 0.363 e. The van der Waals surface area contributed by atoms with Gasteiger partial charge in [0, 0.05) is 11.5 Å². The summed E-state index contributed by atoms with van der Waals surface area (Å²) in [4.78, 5) is 0. The first kappa shape index (κ1) is 9.36. The van der Waals surface area contributed by atoms with E-state index in [2.05, 4.69) is 40.3 Å². The molecule has 0 saturated carbocycles. The van der Waals surface area contributed by atoms with Crippen molar-refractivity contribution in [2.45, 2.75) is 25.2 Å². The molecule has 1 aliphatic carbocycles. The number of hydrogen-bond donors (Lipinski definition) is 0. The summed E-state index contributed by atoms with van der Waals surface area (Å²) >= 11 is 0. The van der Waals surface area contributed by atoms with Gasteiger partial charge in [-0.1, -0.05) is 24.3 Å². The Bertz CT molecular complexity index is 590. The summed E-state index contributed by atoms with van der Waals surface area (Å²) < 4.78 is 10.1. The molecule has 0 saturated heterocycles. The highest BCUT2D eigenvalue weighted by atomic mass is 16.5. The van der Waals surface area contributed by atoms with Crippen LogP contribution in [0.2, 0.25) is 0 Å². The monoisotopic (exact) mass is 228 g/mol. The molecule has 1 aliphatic heterocycles. The number of aromatic nitrogens is 3. The highest BCUT2D eigenvalue weighted by Gasteiger charge is 2.42. The first-order chi connectivity index (χ1) is 8.33. The fourth-order valence-electron chi connectivity index (χ4n) is 3.04. The van der Waals surface area contributed by atoms with E-state index < -0.39 is 0 Å². The number of fused-ring (bicyclic) bond motifs is 5. The highest BCUT2D eigenvalue weighted by molar-refractivity contribution is 5.35. The van der Waals surface area contributed by atoms with Crippen LogP contribution in [0, 0.1) is 0 Å². The van der Waals surface area contributed by atoms with E-state index >= 15 is 0 Å². The van der Waals surface area contributed by atoms with Crippen molar-refractivity contribution in [3.8, 4) is 0 Å². The van der Waals surface area contributed by atoms with E-state index in [-0.39, 0.29) is 6.10 Å². The molecule has 0 N–H and O–H groups in total. The Hall–Kier alpha value is -1.68. The predicted molar refractivity (Wildman–Crippen MR) is 60.3 cm³/mol. The molecule has 2 aromatic rings. The molecule has 0 bridgehead atoms. The summed E-state index contributed by atoms with van der Waals surface area (Å²) in [6, 6.07) is 8.92. The SMILES string of the molecule is Cn1c[n+]2c(n1)COC1Cc3ccccc3[C@@H]12. The lowest BCUT2D eigenvalue weighted by atomic mass is 10.1. The Morgan fingerprint density at radius 3 is 3.24 bits per heavy atom. The zero-order chi connectivity index (χ0) is 11.4. The van der Waals surface area contributed by atoms with Crippen LogP contribution >= 0.6 is 0 Å². The number of benzene rings is 1. The van der Waals surface area contributed by atoms with Gasteiger partial charge in [-0.2, -0.15) is 0 Å². The van der Waals surface area contributed by atoms with Crippen molar-refractivity contribution >= 4 is 0 Å². The van der Waals surface area contributed by atoms with E-state index in [9.17, 15) is 0 Å².